The molecule has 4 nitrogen and oxygen atoms in total. The molecule has 1 rings (SSSR count). The Hall–Kier alpha value is -1.06. The topological polar surface area (TPSA) is 61.7 Å². The molecule has 4 heteroatoms. The van der Waals surface area contributed by atoms with Crippen molar-refractivity contribution in [2.45, 2.75) is 25.8 Å². The molecule has 0 saturated heterocycles. The van der Waals surface area contributed by atoms with Crippen molar-refractivity contribution in [3.8, 4) is 0 Å². The zero-order valence-corrected chi connectivity index (χ0v) is 6.50. The van der Waals surface area contributed by atoms with Gasteiger partial charge in [-0.3, -0.25) is 4.99 Å². The number of amidine groups is 1. The number of aliphatic carboxylic acids is 1. The van der Waals surface area contributed by atoms with Crippen LogP contribution in [0.4, 0.5) is 0 Å². The summed E-state index contributed by atoms with van der Waals surface area (Å²) in [6.45, 7) is 2.63. The van der Waals surface area contributed by atoms with Gasteiger partial charge in [-0.05, 0) is 19.8 Å². The van der Waals surface area contributed by atoms with Crippen LogP contribution in [0.5, 0.6) is 0 Å². The third-order valence-electron chi connectivity index (χ3n) is 1.67. The summed E-state index contributed by atoms with van der Waals surface area (Å²) in [4.78, 5) is 14.5. The van der Waals surface area contributed by atoms with Gasteiger partial charge < -0.3 is 10.4 Å². The highest BCUT2D eigenvalue weighted by Crippen LogP contribution is 2.05. The van der Waals surface area contributed by atoms with E-state index in [1.54, 1.807) is 6.92 Å². The Labute approximate surface area is 65.3 Å². The molecule has 0 amide bonds. The molecule has 1 aliphatic heterocycles. The average molecular weight is 156 g/mol. The molecule has 0 aliphatic carbocycles. The van der Waals surface area contributed by atoms with E-state index in [-0.39, 0.29) is 0 Å². The van der Waals surface area contributed by atoms with Crippen LogP contribution in [0.15, 0.2) is 4.99 Å². The molecule has 0 aromatic carbocycles. The van der Waals surface area contributed by atoms with E-state index in [2.05, 4.69) is 10.3 Å². The zero-order valence-electron chi connectivity index (χ0n) is 6.50. The molecule has 0 unspecified atom stereocenters. The van der Waals surface area contributed by atoms with Crippen LogP contribution in [0.3, 0.4) is 0 Å². The van der Waals surface area contributed by atoms with E-state index in [9.17, 15) is 4.79 Å². The molecule has 62 valence electrons. The number of aliphatic imine (C=N–C) groups is 1. The Morgan fingerprint density at radius 3 is 3.18 bits per heavy atom. The van der Waals surface area contributed by atoms with Crippen LogP contribution in [0.1, 0.15) is 19.8 Å². The number of carbonyl (C=O) groups is 1. The number of hydrogen-bond donors (Lipinski definition) is 2. The van der Waals surface area contributed by atoms with Gasteiger partial charge in [-0.25, -0.2) is 4.79 Å². The highest BCUT2D eigenvalue weighted by Gasteiger charge is 2.17. The van der Waals surface area contributed by atoms with E-state index in [0.29, 0.717) is 6.42 Å². The average Bonchev–Trinajstić information content (AvgIpc) is 2.13. The van der Waals surface area contributed by atoms with Gasteiger partial charge in [0, 0.05) is 6.54 Å². The van der Waals surface area contributed by atoms with Gasteiger partial charge in [-0.1, -0.05) is 0 Å². The van der Waals surface area contributed by atoms with Gasteiger partial charge in [0.25, 0.3) is 0 Å². The Kier molecular flexibility index (Phi) is 2.46. The highest BCUT2D eigenvalue weighted by molar-refractivity contribution is 5.84. The van der Waals surface area contributed by atoms with Crippen molar-refractivity contribution in [3.63, 3.8) is 0 Å². The largest absolute Gasteiger partial charge is 0.480 e. The summed E-state index contributed by atoms with van der Waals surface area (Å²) in [6, 6.07) is -0.537. The first-order valence-electron chi connectivity index (χ1n) is 3.71. The Morgan fingerprint density at radius 1 is 1.82 bits per heavy atom. The minimum absolute atomic E-state index is 0.537. The summed E-state index contributed by atoms with van der Waals surface area (Å²) in [5, 5.41) is 11.7. The lowest BCUT2D eigenvalue weighted by atomic mass is 10.2. The van der Waals surface area contributed by atoms with Gasteiger partial charge in [-0.15, -0.1) is 0 Å². The van der Waals surface area contributed by atoms with E-state index in [0.717, 1.165) is 18.8 Å². The maximum absolute atomic E-state index is 10.5. The quantitative estimate of drug-likeness (QED) is 0.571. The molecular formula is C7H12N2O2. The van der Waals surface area contributed by atoms with Crippen molar-refractivity contribution in [1.82, 2.24) is 5.32 Å². The fraction of sp³-hybridized carbons (Fsp3) is 0.714. The molecule has 1 heterocycles. The monoisotopic (exact) mass is 156 g/mol. The predicted molar refractivity (Wildman–Crippen MR) is 41.8 cm³/mol. The number of carboxylic acids is 1. The van der Waals surface area contributed by atoms with Gasteiger partial charge in [0.1, 0.15) is 6.04 Å². The normalized spacial score (nSPS) is 24.8. The molecule has 1 aliphatic rings. The van der Waals surface area contributed by atoms with Gasteiger partial charge in [-0.2, -0.15) is 0 Å². The van der Waals surface area contributed by atoms with Crippen molar-refractivity contribution in [2.24, 2.45) is 4.99 Å². The molecule has 0 radical (unpaired) electrons. The van der Waals surface area contributed by atoms with E-state index < -0.39 is 12.0 Å². The van der Waals surface area contributed by atoms with Crippen molar-refractivity contribution in [2.75, 3.05) is 6.54 Å². The summed E-state index contributed by atoms with van der Waals surface area (Å²) in [7, 11) is 0. The molecule has 11 heavy (non-hydrogen) atoms. The summed E-state index contributed by atoms with van der Waals surface area (Å²) in [5.41, 5.74) is 0. The molecule has 1 atom stereocenters. The lowest BCUT2D eigenvalue weighted by molar-refractivity contribution is -0.138. The van der Waals surface area contributed by atoms with E-state index >= 15 is 0 Å². The van der Waals surface area contributed by atoms with Crippen LogP contribution in [-0.2, 0) is 4.79 Å². The van der Waals surface area contributed by atoms with E-state index in [1.807, 2.05) is 0 Å². The second-order valence-corrected chi connectivity index (χ2v) is 2.64. The molecule has 0 spiro atoms. The van der Waals surface area contributed by atoms with Gasteiger partial charge in [0.2, 0.25) is 0 Å². The molecule has 0 saturated carbocycles. The zero-order chi connectivity index (χ0) is 8.27. The second-order valence-electron chi connectivity index (χ2n) is 2.64. The van der Waals surface area contributed by atoms with Crippen LogP contribution in [-0.4, -0.2) is 29.5 Å². The SMILES string of the molecule is CC1=N[C@H](C(=O)O)CCCN1. The van der Waals surface area contributed by atoms with Crippen LogP contribution in [0.25, 0.3) is 0 Å². The Morgan fingerprint density at radius 2 is 2.55 bits per heavy atom. The lowest BCUT2D eigenvalue weighted by Gasteiger charge is -2.02. The maximum Gasteiger partial charge on any atom is 0.328 e. The number of rotatable bonds is 1. The van der Waals surface area contributed by atoms with E-state index in [4.69, 9.17) is 5.11 Å². The molecule has 0 aromatic heterocycles. The smallest absolute Gasteiger partial charge is 0.328 e. The van der Waals surface area contributed by atoms with Gasteiger partial charge >= 0.3 is 5.97 Å². The summed E-state index contributed by atoms with van der Waals surface area (Å²) >= 11 is 0. The highest BCUT2D eigenvalue weighted by atomic mass is 16.4. The Bertz CT molecular complexity index is 189. The van der Waals surface area contributed by atoms with Crippen LogP contribution < -0.4 is 5.32 Å². The summed E-state index contributed by atoms with van der Waals surface area (Å²) in [6.07, 6.45) is 1.51. The molecular weight excluding hydrogens is 144 g/mol. The van der Waals surface area contributed by atoms with Crippen molar-refractivity contribution < 1.29 is 9.90 Å². The number of hydrogen-bond acceptors (Lipinski definition) is 3. The molecule has 0 bridgehead atoms. The van der Waals surface area contributed by atoms with Crippen molar-refractivity contribution in [1.29, 1.82) is 0 Å². The number of nitrogens with zero attached hydrogens (tertiary/aromatic N) is 1. The standard InChI is InChI=1S/C7H12N2O2/c1-5-8-4-2-3-6(9-5)7(10)11/h6H,2-4H2,1H3,(H,8,9)(H,10,11)/t6-/m0/s1. The third kappa shape index (κ3) is 2.22. The first kappa shape index (κ1) is 8.04. The number of carboxylic acid groups (broad SMARTS) is 1. The first-order valence-corrected chi connectivity index (χ1v) is 3.71. The predicted octanol–water partition coefficient (Wildman–Crippen LogP) is 0.241. The van der Waals surface area contributed by atoms with E-state index in [1.165, 1.54) is 0 Å². The second kappa shape index (κ2) is 3.37. The fourth-order valence-corrected chi connectivity index (χ4v) is 1.09. The number of nitrogens with one attached hydrogen (secondary N) is 1. The van der Waals surface area contributed by atoms with Crippen LogP contribution in [0.2, 0.25) is 0 Å². The van der Waals surface area contributed by atoms with Gasteiger partial charge in [0.05, 0.1) is 5.84 Å². The third-order valence-corrected chi connectivity index (χ3v) is 1.67. The maximum atomic E-state index is 10.5. The minimum Gasteiger partial charge on any atom is -0.480 e. The molecule has 2 N–H and O–H groups in total. The first-order chi connectivity index (χ1) is 5.20. The summed E-state index contributed by atoms with van der Waals surface area (Å²) in [5.74, 6) is -0.0945. The van der Waals surface area contributed by atoms with Crippen LogP contribution in [0, 0.1) is 0 Å². The van der Waals surface area contributed by atoms with Crippen molar-refractivity contribution in [3.05, 3.63) is 0 Å². The van der Waals surface area contributed by atoms with Crippen LogP contribution >= 0.6 is 0 Å². The lowest BCUT2D eigenvalue weighted by Crippen LogP contribution is -2.21. The minimum atomic E-state index is -0.826. The molecule has 0 aromatic rings. The fourth-order valence-electron chi connectivity index (χ4n) is 1.09. The molecule has 0 fully saturated rings. The Balaban J connectivity index is 2.64. The van der Waals surface area contributed by atoms with Crippen molar-refractivity contribution >= 4 is 11.8 Å². The van der Waals surface area contributed by atoms with Gasteiger partial charge in [0.15, 0.2) is 0 Å². The summed E-state index contributed by atoms with van der Waals surface area (Å²) < 4.78 is 0.